The topological polar surface area (TPSA) is 85.3 Å². The third kappa shape index (κ3) is 3.83. The van der Waals surface area contributed by atoms with E-state index in [4.69, 9.17) is 10.2 Å². The average Bonchev–Trinajstić information content (AvgIpc) is 2.68. The number of nitrogens with one attached hydrogen (secondary N) is 1. The third-order valence-corrected chi connectivity index (χ3v) is 3.97. The molecule has 1 aromatic heterocycles. The highest BCUT2D eigenvalue weighted by Crippen LogP contribution is 2.19. The van der Waals surface area contributed by atoms with E-state index in [0.29, 0.717) is 12.3 Å². The largest absolute Gasteiger partial charge is 0.452 e. The highest BCUT2D eigenvalue weighted by Gasteiger charge is 2.31. The summed E-state index contributed by atoms with van der Waals surface area (Å²) < 4.78 is 31.5. The standard InChI is InChI=1S/C11H20N2O3S/c1-9(2)7-11(3,8-12)13-17(14,15)10-5-4-6-16-10/h4-6,9,13H,7-8,12H2,1-3H3. The molecule has 0 bridgehead atoms. The molecule has 0 aromatic carbocycles. The first-order chi connectivity index (χ1) is 7.79. The van der Waals surface area contributed by atoms with Gasteiger partial charge in [0.25, 0.3) is 10.0 Å². The van der Waals surface area contributed by atoms with E-state index < -0.39 is 15.6 Å². The fourth-order valence-electron chi connectivity index (χ4n) is 1.86. The summed E-state index contributed by atoms with van der Waals surface area (Å²) in [4.78, 5) is 0. The van der Waals surface area contributed by atoms with E-state index in [1.54, 1.807) is 6.92 Å². The molecule has 0 aliphatic heterocycles. The second-order valence-electron chi connectivity index (χ2n) is 4.90. The molecule has 0 spiro atoms. The third-order valence-electron chi connectivity index (χ3n) is 2.45. The summed E-state index contributed by atoms with van der Waals surface area (Å²) in [6, 6.07) is 2.95. The van der Waals surface area contributed by atoms with E-state index >= 15 is 0 Å². The molecular weight excluding hydrogens is 240 g/mol. The molecule has 98 valence electrons. The van der Waals surface area contributed by atoms with Gasteiger partial charge in [-0.3, -0.25) is 0 Å². The Labute approximate surface area is 102 Å². The monoisotopic (exact) mass is 260 g/mol. The van der Waals surface area contributed by atoms with Gasteiger partial charge in [0.2, 0.25) is 5.09 Å². The van der Waals surface area contributed by atoms with Crippen molar-refractivity contribution >= 4 is 10.0 Å². The maximum Gasteiger partial charge on any atom is 0.274 e. The summed E-state index contributed by atoms with van der Waals surface area (Å²) in [5, 5.41) is -0.0825. The van der Waals surface area contributed by atoms with Crippen LogP contribution in [0, 0.1) is 5.92 Å². The zero-order valence-corrected chi connectivity index (χ0v) is 11.3. The van der Waals surface area contributed by atoms with Crippen LogP contribution in [0.5, 0.6) is 0 Å². The minimum atomic E-state index is -3.63. The van der Waals surface area contributed by atoms with Gasteiger partial charge in [-0.1, -0.05) is 13.8 Å². The second-order valence-corrected chi connectivity index (χ2v) is 6.51. The summed E-state index contributed by atoms with van der Waals surface area (Å²) >= 11 is 0. The zero-order valence-electron chi connectivity index (χ0n) is 10.4. The van der Waals surface area contributed by atoms with Crippen molar-refractivity contribution in [3.8, 4) is 0 Å². The van der Waals surface area contributed by atoms with Crippen molar-refractivity contribution in [3.63, 3.8) is 0 Å². The lowest BCUT2D eigenvalue weighted by atomic mass is 9.92. The van der Waals surface area contributed by atoms with Gasteiger partial charge in [0, 0.05) is 12.1 Å². The highest BCUT2D eigenvalue weighted by molar-refractivity contribution is 7.89. The summed E-state index contributed by atoms with van der Waals surface area (Å²) in [6.45, 7) is 6.09. The Hall–Kier alpha value is -0.850. The molecule has 1 aromatic rings. The molecule has 0 radical (unpaired) electrons. The SMILES string of the molecule is CC(C)CC(C)(CN)NS(=O)(=O)c1ccco1. The van der Waals surface area contributed by atoms with Crippen molar-refractivity contribution < 1.29 is 12.8 Å². The first-order valence-corrected chi connectivity index (χ1v) is 7.05. The molecule has 1 rings (SSSR count). The van der Waals surface area contributed by atoms with Crippen LogP contribution in [0.15, 0.2) is 27.9 Å². The smallest absolute Gasteiger partial charge is 0.274 e. The van der Waals surface area contributed by atoms with Gasteiger partial charge in [-0.15, -0.1) is 0 Å². The lowest BCUT2D eigenvalue weighted by Gasteiger charge is -2.30. The Balaban J connectivity index is 2.88. The Morgan fingerprint density at radius 3 is 2.59 bits per heavy atom. The molecule has 0 fully saturated rings. The van der Waals surface area contributed by atoms with Gasteiger partial charge < -0.3 is 10.2 Å². The fraction of sp³-hybridized carbons (Fsp3) is 0.636. The fourth-order valence-corrected chi connectivity index (χ4v) is 3.21. The number of hydrogen-bond acceptors (Lipinski definition) is 4. The van der Waals surface area contributed by atoms with Crippen molar-refractivity contribution in [3.05, 3.63) is 18.4 Å². The van der Waals surface area contributed by atoms with Crippen LogP contribution in [0.3, 0.4) is 0 Å². The van der Waals surface area contributed by atoms with Crippen LogP contribution in [0.25, 0.3) is 0 Å². The Morgan fingerprint density at radius 2 is 2.18 bits per heavy atom. The number of sulfonamides is 1. The van der Waals surface area contributed by atoms with Crippen LogP contribution in [0.1, 0.15) is 27.2 Å². The number of rotatable bonds is 6. The molecule has 0 aliphatic rings. The number of furan rings is 1. The predicted molar refractivity (Wildman–Crippen MR) is 65.9 cm³/mol. The van der Waals surface area contributed by atoms with E-state index in [2.05, 4.69) is 4.72 Å². The van der Waals surface area contributed by atoms with Crippen molar-refractivity contribution in [2.24, 2.45) is 11.7 Å². The van der Waals surface area contributed by atoms with E-state index in [9.17, 15) is 8.42 Å². The maximum atomic E-state index is 12.0. The van der Waals surface area contributed by atoms with Crippen LogP contribution in [0.2, 0.25) is 0 Å². The normalized spacial score (nSPS) is 16.1. The molecule has 0 saturated carbocycles. The van der Waals surface area contributed by atoms with Gasteiger partial charge >= 0.3 is 0 Å². The second kappa shape index (κ2) is 5.20. The van der Waals surface area contributed by atoms with Crippen molar-refractivity contribution in [1.29, 1.82) is 0 Å². The number of nitrogens with two attached hydrogens (primary N) is 1. The van der Waals surface area contributed by atoms with E-state index in [1.165, 1.54) is 18.4 Å². The zero-order chi connectivity index (χ0) is 13.1. The average molecular weight is 260 g/mol. The van der Waals surface area contributed by atoms with Crippen LogP contribution in [-0.2, 0) is 10.0 Å². The van der Waals surface area contributed by atoms with E-state index in [1.807, 2.05) is 13.8 Å². The van der Waals surface area contributed by atoms with Gasteiger partial charge in [-0.25, -0.2) is 13.1 Å². The molecule has 3 N–H and O–H groups in total. The molecular formula is C11H20N2O3S. The van der Waals surface area contributed by atoms with Crippen LogP contribution in [0.4, 0.5) is 0 Å². The first-order valence-electron chi connectivity index (χ1n) is 5.57. The van der Waals surface area contributed by atoms with Crippen molar-refractivity contribution in [1.82, 2.24) is 4.72 Å². The molecule has 1 atom stereocenters. The van der Waals surface area contributed by atoms with Gasteiger partial charge in [0.15, 0.2) is 0 Å². The lowest BCUT2D eigenvalue weighted by molar-refractivity contribution is 0.339. The van der Waals surface area contributed by atoms with Crippen molar-refractivity contribution in [2.45, 2.75) is 37.8 Å². The Morgan fingerprint density at radius 1 is 1.53 bits per heavy atom. The predicted octanol–water partition coefficient (Wildman–Crippen LogP) is 1.32. The molecule has 0 saturated heterocycles. The summed E-state index contributed by atoms with van der Waals surface area (Å²) in [6.07, 6.45) is 2.00. The summed E-state index contributed by atoms with van der Waals surface area (Å²) in [5.74, 6) is 0.350. The maximum absolute atomic E-state index is 12.0. The summed E-state index contributed by atoms with van der Waals surface area (Å²) in [5.41, 5.74) is 5.01. The summed E-state index contributed by atoms with van der Waals surface area (Å²) in [7, 11) is -3.63. The Bertz CT molecular complexity index is 439. The Kier molecular flexibility index (Phi) is 4.35. The lowest BCUT2D eigenvalue weighted by Crippen LogP contribution is -2.51. The molecule has 17 heavy (non-hydrogen) atoms. The number of hydrogen-bond donors (Lipinski definition) is 2. The molecule has 6 heteroatoms. The minimum absolute atomic E-state index is 0.0825. The molecule has 0 amide bonds. The van der Waals surface area contributed by atoms with E-state index in [-0.39, 0.29) is 11.6 Å². The highest BCUT2D eigenvalue weighted by atomic mass is 32.2. The van der Waals surface area contributed by atoms with Crippen molar-refractivity contribution in [2.75, 3.05) is 6.54 Å². The van der Waals surface area contributed by atoms with Crippen LogP contribution in [-0.4, -0.2) is 20.5 Å². The van der Waals surface area contributed by atoms with Gasteiger partial charge in [0.1, 0.15) is 0 Å². The van der Waals surface area contributed by atoms with Gasteiger partial charge in [0.05, 0.1) is 6.26 Å². The van der Waals surface area contributed by atoms with E-state index in [0.717, 1.165) is 0 Å². The van der Waals surface area contributed by atoms with Crippen LogP contribution >= 0.6 is 0 Å². The van der Waals surface area contributed by atoms with Gasteiger partial charge in [-0.05, 0) is 31.4 Å². The molecule has 5 nitrogen and oxygen atoms in total. The molecule has 1 heterocycles. The molecule has 0 aliphatic carbocycles. The van der Waals surface area contributed by atoms with Crippen LogP contribution < -0.4 is 10.5 Å². The minimum Gasteiger partial charge on any atom is -0.452 e. The van der Waals surface area contributed by atoms with Gasteiger partial charge in [-0.2, -0.15) is 0 Å². The quantitative estimate of drug-likeness (QED) is 0.807. The first kappa shape index (κ1) is 14.2. The molecule has 1 unspecified atom stereocenters.